The number of halogens is 3. The van der Waals surface area contributed by atoms with Gasteiger partial charge in [-0.05, 0) is 53.7 Å². The normalized spacial score (nSPS) is 18.9. The Labute approximate surface area is 162 Å². The van der Waals surface area contributed by atoms with Crippen LogP contribution < -0.4 is 4.18 Å². The molecule has 1 aliphatic carbocycles. The lowest BCUT2D eigenvalue weighted by Gasteiger charge is -2.32. The highest BCUT2D eigenvalue weighted by Gasteiger charge is 2.48. The van der Waals surface area contributed by atoms with Crippen molar-refractivity contribution in [2.45, 2.75) is 39.1 Å². The maximum atomic E-state index is 12.9. The molecule has 150 valence electrons. The minimum Gasteiger partial charge on any atom is -0.375 e. The van der Waals surface area contributed by atoms with Crippen molar-refractivity contribution in [3.8, 4) is 5.75 Å². The minimum atomic E-state index is -5.77. The van der Waals surface area contributed by atoms with Crippen molar-refractivity contribution in [2.75, 3.05) is 0 Å². The molecule has 0 radical (unpaired) electrons. The van der Waals surface area contributed by atoms with Crippen LogP contribution in [0.2, 0.25) is 0 Å². The van der Waals surface area contributed by atoms with Gasteiger partial charge in [0.2, 0.25) is 0 Å². The third-order valence-corrected chi connectivity index (χ3v) is 6.04. The lowest BCUT2D eigenvalue weighted by molar-refractivity contribution is -0.0500. The summed E-state index contributed by atoms with van der Waals surface area (Å²) in [4.78, 5) is 0. The summed E-state index contributed by atoms with van der Waals surface area (Å²) in [7, 11) is -5.77. The van der Waals surface area contributed by atoms with E-state index in [0.29, 0.717) is 10.9 Å². The molecular formula is C21H21F3O3S. The molecule has 0 spiro atoms. The van der Waals surface area contributed by atoms with Crippen molar-refractivity contribution in [3.63, 3.8) is 0 Å². The molecule has 0 aliphatic heterocycles. The van der Waals surface area contributed by atoms with E-state index in [2.05, 4.69) is 24.1 Å². The van der Waals surface area contributed by atoms with E-state index in [1.165, 1.54) is 6.07 Å². The van der Waals surface area contributed by atoms with Gasteiger partial charge in [0, 0.05) is 5.56 Å². The van der Waals surface area contributed by atoms with Crippen molar-refractivity contribution in [3.05, 3.63) is 59.2 Å². The number of rotatable bonds is 3. The minimum absolute atomic E-state index is 0.198. The number of hydrogen-bond acceptors (Lipinski definition) is 3. The summed E-state index contributed by atoms with van der Waals surface area (Å²) >= 11 is 0. The summed E-state index contributed by atoms with van der Waals surface area (Å²) < 4.78 is 66.4. The summed E-state index contributed by atoms with van der Waals surface area (Å²) in [5, 5.41) is 1.40. The zero-order valence-corrected chi connectivity index (χ0v) is 16.6. The Morgan fingerprint density at radius 1 is 1.11 bits per heavy atom. The molecule has 0 fully saturated rings. The molecule has 0 unspecified atom stereocenters. The van der Waals surface area contributed by atoms with E-state index >= 15 is 0 Å². The van der Waals surface area contributed by atoms with Crippen LogP contribution in [-0.2, 0) is 10.1 Å². The predicted octanol–water partition coefficient (Wildman–Crippen LogP) is 6.22. The smallest absolute Gasteiger partial charge is 0.375 e. The van der Waals surface area contributed by atoms with E-state index in [1.54, 1.807) is 24.3 Å². The molecule has 0 heterocycles. The Balaban J connectivity index is 2.27. The van der Waals surface area contributed by atoms with E-state index in [4.69, 9.17) is 0 Å². The average Bonchev–Trinajstić information content (AvgIpc) is 2.58. The molecule has 0 bridgehead atoms. The van der Waals surface area contributed by atoms with Crippen LogP contribution in [0.5, 0.6) is 5.75 Å². The van der Waals surface area contributed by atoms with Crippen LogP contribution in [-0.4, -0.2) is 13.9 Å². The molecule has 0 saturated heterocycles. The second kappa shape index (κ2) is 6.95. The zero-order valence-electron chi connectivity index (χ0n) is 15.8. The van der Waals surface area contributed by atoms with Crippen molar-refractivity contribution in [1.82, 2.24) is 0 Å². The van der Waals surface area contributed by atoms with Gasteiger partial charge >= 0.3 is 15.6 Å². The molecule has 28 heavy (non-hydrogen) atoms. The molecule has 0 N–H and O–H groups in total. The first-order chi connectivity index (χ1) is 12.9. The molecule has 0 amide bonds. The van der Waals surface area contributed by atoms with Crippen LogP contribution in [0.3, 0.4) is 0 Å². The van der Waals surface area contributed by atoms with Gasteiger partial charge in [-0.2, -0.15) is 21.6 Å². The van der Waals surface area contributed by atoms with Crippen molar-refractivity contribution < 1.29 is 25.8 Å². The monoisotopic (exact) mass is 410 g/mol. The second-order valence-electron chi connectivity index (χ2n) is 7.55. The van der Waals surface area contributed by atoms with E-state index in [0.717, 1.165) is 29.4 Å². The van der Waals surface area contributed by atoms with Gasteiger partial charge in [0.1, 0.15) is 0 Å². The fourth-order valence-electron chi connectivity index (χ4n) is 3.54. The van der Waals surface area contributed by atoms with Crippen LogP contribution in [0.15, 0.2) is 53.6 Å². The Morgan fingerprint density at radius 3 is 2.43 bits per heavy atom. The van der Waals surface area contributed by atoms with Crippen LogP contribution in [0, 0.1) is 5.41 Å². The van der Waals surface area contributed by atoms with Crippen LogP contribution in [0.1, 0.15) is 39.2 Å². The summed E-state index contributed by atoms with van der Waals surface area (Å²) in [5.74, 6) is -0.335. The standard InChI is InChI=1S/C21H21F3O3S/c1-14-7-6-12-20(2,3)18(14)13-17-16-9-5-4-8-15(16)10-11-19(17)27-28(25,26)21(22,23)24/h4-5,7-11,13H,6,12H2,1-3H3/b18-13+. The highest BCUT2D eigenvalue weighted by molar-refractivity contribution is 7.88. The molecule has 1 aliphatic rings. The average molecular weight is 410 g/mol. The summed E-state index contributed by atoms with van der Waals surface area (Å²) in [6, 6.07) is 9.93. The first-order valence-corrected chi connectivity index (χ1v) is 10.2. The van der Waals surface area contributed by atoms with Gasteiger partial charge in [-0.3, -0.25) is 0 Å². The van der Waals surface area contributed by atoms with Crippen LogP contribution in [0.4, 0.5) is 13.2 Å². The van der Waals surface area contributed by atoms with Gasteiger partial charge in [-0.15, -0.1) is 0 Å². The molecule has 2 aromatic rings. The molecule has 0 aromatic heterocycles. The van der Waals surface area contributed by atoms with Gasteiger partial charge in [0.05, 0.1) is 0 Å². The van der Waals surface area contributed by atoms with E-state index in [1.807, 2.05) is 19.1 Å². The first kappa shape index (κ1) is 20.5. The number of alkyl halides is 3. The maximum absolute atomic E-state index is 12.9. The van der Waals surface area contributed by atoms with Gasteiger partial charge < -0.3 is 4.18 Å². The second-order valence-corrected chi connectivity index (χ2v) is 9.09. The van der Waals surface area contributed by atoms with Crippen LogP contribution >= 0.6 is 0 Å². The third kappa shape index (κ3) is 3.81. The fraction of sp³-hybridized carbons (Fsp3) is 0.333. The lowest BCUT2D eigenvalue weighted by Crippen LogP contribution is -2.28. The van der Waals surface area contributed by atoms with E-state index in [-0.39, 0.29) is 11.2 Å². The summed E-state index contributed by atoms with van der Waals surface area (Å²) in [5.41, 5.74) is -3.40. The fourth-order valence-corrected chi connectivity index (χ4v) is 4.02. The molecule has 7 heteroatoms. The summed E-state index contributed by atoms with van der Waals surface area (Å²) in [6.45, 7) is 6.08. The van der Waals surface area contributed by atoms with Gasteiger partial charge in [-0.25, -0.2) is 0 Å². The van der Waals surface area contributed by atoms with Crippen molar-refractivity contribution in [1.29, 1.82) is 0 Å². The van der Waals surface area contributed by atoms with E-state index < -0.39 is 15.6 Å². The van der Waals surface area contributed by atoms with Crippen LogP contribution in [0.25, 0.3) is 16.8 Å². The van der Waals surface area contributed by atoms with E-state index in [9.17, 15) is 21.6 Å². The summed E-state index contributed by atoms with van der Waals surface area (Å²) in [6.07, 6.45) is 5.64. The number of allylic oxidation sites excluding steroid dienone is 3. The Morgan fingerprint density at radius 2 is 1.79 bits per heavy atom. The largest absolute Gasteiger partial charge is 0.534 e. The molecule has 0 atom stereocenters. The number of benzene rings is 2. The highest BCUT2D eigenvalue weighted by Crippen LogP contribution is 2.43. The SMILES string of the molecule is CC1=CCCC(C)(C)/C1=C/c1c(OS(=O)(=O)C(F)(F)F)ccc2ccccc12. The van der Waals surface area contributed by atoms with Gasteiger partial charge in [-0.1, -0.05) is 55.8 Å². The molecule has 0 saturated carbocycles. The molecule has 3 rings (SSSR count). The zero-order chi connectivity index (χ0) is 20.7. The Hall–Kier alpha value is -2.28. The van der Waals surface area contributed by atoms with Gasteiger partial charge in [0.25, 0.3) is 0 Å². The quantitative estimate of drug-likeness (QED) is 0.446. The highest BCUT2D eigenvalue weighted by atomic mass is 32.2. The molecule has 3 nitrogen and oxygen atoms in total. The molecule has 2 aromatic carbocycles. The Bertz CT molecular complexity index is 1080. The van der Waals surface area contributed by atoms with Crippen molar-refractivity contribution in [2.24, 2.45) is 5.41 Å². The topological polar surface area (TPSA) is 43.4 Å². The number of hydrogen-bond donors (Lipinski definition) is 0. The third-order valence-electron chi connectivity index (χ3n) is 5.08. The van der Waals surface area contributed by atoms with Crippen molar-refractivity contribution >= 4 is 27.0 Å². The van der Waals surface area contributed by atoms with Gasteiger partial charge in [0.15, 0.2) is 5.75 Å². The number of fused-ring (bicyclic) bond motifs is 1. The maximum Gasteiger partial charge on any atom is 0.534 e. The lowest BCUT2D eigenvalue weighted by atomic mass is 9.72. The first-order valence-electron chi connectivity index (χ1n) is 8.84. The molecular weight excluding hydrogens is 389 g/mol. The predicted molar refractivity (Wildman–Crippen MR) is 104 cm³/mol. The Kier molecular flexibility index (Phi) is 5.08.